The van der Waals surface area contributed by atoms with Crippen LogP contribution >= 0.6 is 0 Å². The van der Waals surface area contributed by atoms with Crippen LogP contribution in [0, 0.1) is 17.7 Å². The highest BCUT2D eigenvalue weighted by Gasteiger charge is 2.02. The van der Waals surface area contributed by atoms with Gasteiger partial charge in [0.2, 0.25) is 0 Å². The van der Waals surface area contributed by atoms with Crippen molar-refractivity contribution in [2.24, 2.45) is 0 Å². The first kappa shape index (κ1) is 7.98. The molecule has 0 aromatic heterocycles. The van der Waals surface area contributed by atoms with E-state index in [2.05, 4.69) is 6.07 Å². The minimum absolute atomic E-state index is 0.228. The van der Waals surface area contributed by atoms with Crippen LogP contribution in [0.2, 0.25) is 0 Å². The third-order valence-electron chi connectivity index (χ3n) is 1.12. The first-order valence-corrected chi connectivity index (χ1v) is 3.24. The molecule has 0 aliphatic heterocycles. The van der Waals surface area contributed by atoms with Crippen molar-refractivity contribution in [3.8, 4) is 5.75 Å². The molecular formula is C8H7F2O. The van der Waals surface area contributed by atoms with Crippen LogP contribution in [0.25, 0.3) is 0 Å². The van der Waals surface area contributed by atoms with Crippen molar-refractivity contribution >= 4 is 0 Å². The summed E-state index contributed by atoms with van der Waals surface area (Å²) in [7, 11) is 0. The zero-order valence-corrected chi connectivity index (χ0v) is 6.03. The fraction of sp³-hybridized carbons (Fsp3) is 0.250. The van der Waals surface area contributed by atoms with E-state index in [1.54, 1.807) is 6.92 Å². The van der Waals surface area contributed by atoms with E-state index < -0.39 is 11.6 Å². The van der Waals surface area contributed by atoms with Crippen molar-refractivity contribution < 1.29 is 13.5 Å². The van der Waals surface area contributed by atoms with Gasteiger partial charge in [0.1, 0.15) is 5.75 Å². The Morgan fingerprint density at radius 2 is 2.18 bits per heavy atom. The van der Waals surface area contributed by atoms with Gasteiger partial charge in [-0.15, -0.1) is 0 Å². The molecule has 0 spiro atoms. The highest BCUT2D eigenvalue weighted by molar-refractivity contribution is 5.21. The molecule has 3 heteroatoms. The van der Waals surface area contributed by atoms with E-state index in [0.29, 0.717) is 6.61 Å². The van der Waals surface area contributed by atoms with Gasteiger partial charge in [0, 0.05) is 0 Å². The van der Waals surface area contributed by atoms with Crippen LogP contribution in [0.15, 0.2) is 12.1 Å². The Labute approximate surface area is 63.6 Å². The number of hydrogen-bond acceptors (Lipinski definition) is 1. The Kier molecular flexibility index (Phi) is 2.41. The van der Waals surface area contributed by atoms with Gasteiger partial charge in [-0.05, 0) is 19.1 Å². The minimum Gasteiger partial charge on any atom is -0.493 e. The third kappa shape index (κ3) is 1.90. The number of halogens is 2. The second-order valence-corrected chi connectivity index (χ2v) is 1.92. The van der Waals surface area contributed by atoms with E-state index in [0.717, 1.165) is 6.07 Å². The lowest BCUT2D eigenvalue weighted by Crippen LogP contribution is -1.93. The van der Waals surface area contributed by atoms with Gasteiger partial charge in [0.25, 0.3) is 0 Å². The molecule has 0 atom stereocenters. The Morgan fingerprint density at radius 1 is 1.45 bits per heavy atom. The maximum atomic E-state index is 12.4. The van der Waals surface area contributed by atoms with E-state index in [1.807, 2.05) is 0 Å². The predicted octanol–water partition coefficient (Wildman–Crippen LogP) is 2.16. The SMILES string of the molecule is CCOc1[c]c(F)c(F)cc1. The summed E-state index contributed by atoms with van der Waals surface area (Å²) in [6, 6.07) is 4.46. The molecule has 1 rings (SSSR count). The van der Waals surface area contributed by atoms with Crippen LogP contribution in [0.4, 0.5) is 8.78 Å². The summed E-state index contributed by atoms with van der Waals surface area (Å²) in [6.45, 7) is 2.18. The average Bonchev–Trinajstić information content (AvgIpc) is 1.98. The number of benzene rings is 1. The van der Waals surface area contributed by atoms with Gasteiger partial charge >= 0.3 is 0 Å². The predicted molar refractivity (Wildman–Crippen MR) is 36.4 cm³/mol. The molecule has 59 valence electrons. The minimum atomic E-state index is -1.00. The van der Waals surface area contributed by atoms with Gasteiger partial charge < -0.3 is 4.74 Å². The third-order valence-corrected chi connectivity index (χ3v) is 1.12. The van der Waals surface area contributed by atoms with Gasteiger partial charge in [-0.2, -0.15) is 0 Å². The Morgan fingerprint density at radius 3 is 2.73 bits per heavy atom. The maximum absolute atomic E-state index is 12.4. The van der Waals surface area contributed by atoms with E-state index in [1.165, 1.54) is 6.07 Å². The van der Waals surface area contributed by atoms with E-state index >= 15 is 0 Å². The molecule has 0 aliphatic carbocycles. The van der Waals surface area contributed by atoms with E-state index in [4.69, 9.17) is 4.74 Å². The zero-order chi connectivity index (χ0) is 8.27. The van der Waals surface area contributed by atoms with E-state index in [-0.39, 0.29) is 5.75 Å². The van der Waals surface area contributed by atoms with Gasteiger partial charge in [-0.3, -0.25) is 0 Å². The Balaban J connectivity index is 2.86. The second kappa shape index (κ2) is 3.32. The molecule has 0 amide bonds. The quantitative estimate of drug-likeness (QED) is 0.639. The molecule has 0 heterocycles. The van der Waals surface area contributed by atoms with Crippen LogP contribution in [0.5, 0.6) is 5.75 Å². The van der Waals surface area contributed by atoms with Gasteiger partial charge in [0.05, 0.1) is 12.7 Å². The monoisotopic (exact) mass is 157 g/mol. The smallest absolute Gasteiger partial charge is 0.170 e. The van der Waals surface area contributed by atoms with Crippen LogP contribution in [0.3, 0.4) is 0 Å². The molecule has 1 nitrogen and oxygen atoms in total. The van der Waals surface area contributed by atoms with Crippen molar-refractivity contribution in [2.75, 3.05) is 6.61 Å². The normalized spacial score (nSPS) is 9.73. The molecular weight excluding hydrogens is 150 g/mol. The summed E-state index contributed by atoms with van der Waals surface area (Å²) in [5, 5.41) is 0. The number of rotatable bonds is 2. The van der Waals surface area contributed by atoms with Crippen molar-refractivity contribution in [1.29, 1.82) is 0 Å². The summed E-state index contributed by atoms with van der Waals surface area (Å²) in [6.07, 6.45) is 0. The van der Waals surface area contributed by atoms with Crippen LogP contribution in [-0.4, -0.2) is 6.61 Å². The van der Waals surface area contributed by atoms with Crippen LogP contribution in [-0.2, 0) is 0 Å². The van der Waals surface area contributed by atoms with Gasteiger partial charge in [-0.25, -0.2) is 8.78 Å². The fourth-order valence-electron chi connectivity index (χ4n) is 0.671. The average molecular weight is 157 g/mol. The lowest BCUT2D eigenvalue weighted by Gasteiger charge is -2.00. The molecule has 1 aromatic carbocycles. The Bertz CT molecular complexity index is 248. The topological polar surface area (TPSA) is 9.23 Å². The molecule has 0 aliphatic rings. The van der Waals surface area contributed by atoms with Gasteiger partial charge in [-0.1, -0.05) is 0 Å². The molecule has 1 aromatic rings. The fourth-order valence-corrected chi connectivity index (χ4v) is 0.671. The first-order valence-electron chi connectivity index (χ1n) is 3.24. The first-order chi connectivity index (χ1) is 5.24. The molecule has 0 N–H and O–H groups in total. The zero-order valence-electron chi connectivity index (χ0n) is 6.03. The largest absolute Gasteiger partial charge is 0.493 e. The maximum Gasteiger partial charge on any atom is 0.170 e. The van der Waals surface area contributed by atoms with Crippen LogP contribution in [0.1, 0.15) is 6.92 Å². The molecule has 1 radical (unpaired) electrons. The second-order valence-electron chi connectivity index (χ2n) is 1.92. The summed E-state index contributed by atoms with van der Waals surface area (Å²) >= 11 is 0. The van der Waals surface area contributed by atoms with Crippen molar-refractivity contribution in [2.45, 2.75) is 6.92 Å². The highest BCUT2D eigenvalue weighted by atomic mass is 19.2. The Hall–Kier alpha value is -1.12. The summed E-state index contributed by atoms with van der Waals surface area (Å²) < 4.78 is 29.5. The highest BCUT2D eigenvalue weighted by Crippen LogP contribution is 2.13. The standard InChI is InChI=1S/C8H7F2O/c1-2-11-6-3-4-7(9)8(10)5-6/h3-4H,2H2,1H3. The summed E-state index contributed by atoms with van der Waals surface area (Å²) in [5.74, 6) is -1.68. The molecule has 11 heavy (non-hydrogen) atoms. The lowest BCUT2D eigenvalue weighted by molar-refractivity contribution is 0.335. The molecule has 0 saturated heterocycles. The van der Waals surface area contributed by atoms with Crippen molar-refractivity contribution in [1.82, 2.24) is 0 Å². The summed E-state index contributed by atoms with van der Waals surface area (Å²) in [5.41, 5.74) is 0. The lowest BCUT2D eigenvalue weighted by atomic mass is 10.3. The number of hydrogen-bond donors (Lipinski definition) is 0. The molecule has 0 fully saturated rings. The number of ether oxygens (including phenoxy) is 1. The molecule has 0 unspecified atom stereocenters. The van der Waals surface area contributed by atoms with Crippen LogP contribution < -0.4 is 4.74 Å². The molecule has 0 saturated carbocycles. The molecule has 0 bridgehead atoms. The van der Waals surface area contributed by atoms with Crippen molar-refractivity contribution in [3.63, 3.8) is 0 Å². The van der Waals surface area contributed by atoms with E-state index in [9.17, 15) is 8.78 Å². The van der Waals surface area contributed by atoms with Crippen molar-refractivity contribution in [3.05, 3.63) is 29.8 Å². The van der Waals surface area contributed by atoms with Gasteiger partial charge in [0.15, 0.2) is 11.6 Å². The summed E-state index contributed by atoms with van der Waals surface area (Å²) in [4.78, 5) is 0.